The minimum Gasteiger partial charge on any atom is -0.398 e. The van der Waals surface area contributed by atoms with Gasteiger partial charge in [-0.2, -0.15) is 9.83 Å². The lowest BCUT2D eigenvalue weighted by Gasteiger charge is -2.03. The molecule has 0 aliphatic rings. The molecular weight excluding hydrogens is 186 g/mol. The summed E-state index contributed by atoms with van der Waals surface area (Å²) in [4.78, 5) is 0. The first kappa shape index (κ1) is 9.47. The van der Waals surface area contributed by atoms with E-state index in [9.17, 15) is 0 Å². The highest BCUT2D eigenvalue weighted by Crippen LogP contribution is 2.20. The predicted molar refractivity (Wildman–Crippen MR) is 58.9 cm³/mol. The lowest BCUT2D eigenvalue weighted by Crippen LogP contribution is -2.36. The van der Waals surface area contributed by atoms with Gasteiger partial charge in [0.2, 0.25) is 6.54 Å². The van der Waals surface area contributed by atoms with Gasteiger partial charge in [-0.1, -0.05) is 6.07 Å². The van der Waals surface area contributed by atoms with Gasteiger partial charge in [0.05, 0.1) is 5.39 Å². The average molecular weight is 198 g/mol. The molecule has 2 aromatic rings. The maximum absolute atomic E-state index is 8.68. The molecule has 0 atom stereocenters. The van der Waals surface area contributed by atoms with E-state index in [1.54, 1.807) is 0 Å². The number of nitrogen functional groups attached to an aromatic ring is 1. The Morgan fingerprint density at radius 2 is 2.13 bits per heavy atom. The summed E-state index contributed by atoms with van der Waals surface area (Å²) >= 11 is 0. The Labute approximate surface area is 88.4 Å². The van der Waals surface area contributed by atoms with Gasteiger partial charge in [-0.05, 0) is 12.1 Å². The fourth-order valence-corrected chi connectivity index (χ4v) is 1.76. The van der Waals surface area contributed by atoms with E-state index < -0.39 is 0 Å². The summed E-state index contributed by atoms with van der Waals surface area (Å²) in [6.45, 7) is 2.37. The summed E-state index contributed by atoms with van der Waals surface area (Å²) < 4.78 is 1.92. The average Bonchev–Trinajstić information content (AvgIpc) is 2.23. The van der Waals surface area contributed by atoms with Crippen LogP contribution in [0.25, 0.3) is 10.8 Å². The summed E-state index contributed by atoms with van der Waals surface area (Å²) in [5, 5.41) is 10.8. The number of nitrogens with two attached hydrogens (primary N) is 1. The quantitative estimate of drug-likeness (QED) is 0.558. The van der Waals surface area contributed by atoms with E-state index in [-0.39, 0.29) is 0 Å². The number of aromatic nitrogens is 1. The van der Waals surface area contributed by atoms with Crippen molar-refractivity contribution in [2.45, 2.75) is 13.5 Å². The lowest BCUT2D eigenvalue weighted by atomic mass is 10.1. The van der Waals surface area contributed by atoms with Gasteiger partial charge in [0, 0.05) is 24.1 Å². The summed E-state index contributed by atoms with van der Waals surface area (Å²) in [6, 6.07) is 9.93. The monoisotopic (exact) mass is 198 g/mol. The Kier molecular flexibility index (Phi) is 2.26. The molecule has 0 bridgehead atoms. The second-order valence-corrected chi connectivity index (χ2v) is 3.50. The zero-order chi connectivity index (χ0) is 10.8. The summed E-state index contributed by atoms with van der Waals surface area (Å²) in [5.41, 5.74) is 7.72. The second kappa shape index (κ2) is 3.58. The molecule has 3 nitrogen and oxygen atoms in total. The molecule has 1 aromatic carbocycles. The zero-order valence-corrected chi connectivity index (χ0v) is 8.57. The Bertz CT molecular complexity index is 553. The molecule has 0 spiro atoms. The van der Waals surface area contributed by atoms with Crippen LogP contribution in [0.3, 0.4) is 0 Å². The Hall–Kier alpha value is -2.08. The van der Waals surface area contributed by atoms with E-state index in [0.29, 0.717) is 6.54 Å². The van der Waals surface area contributed by atoms with Gasteiger partial charge in [0.25, 0.3) is 0 Å². The van der Waals surface area contributed by atoms with Crippen LogP contribution < -0.4 is 10.3 Å². The van der Waals surface area contributed by atoms with Gasteiger partial charge in [-0.25, -0.2) is 0 Å². The third-order valence-corrected chi connectivity index (χ3v) is 2.62. The molecule has 0 amide bonds. The topological polar surface area (TPSA) is 53.7 Å². The van der Waals surface area contributed by atoms with Gasteiger partial charge in [-0.3, -0.25) is 0 Å². The minimum atomic E-state index is 0.372. The largest absolute Gasteiger partial charge is 0.398 e. The van der Waals surface area contributed by atoms with Crippen molar-refractivity contribution >= 4 is 16.5 Å². The van der Waals surface area contributed by atoms with Crippen LogP contribution >= 0.6 is 0 Å². The van der Waals surface area contributed by atoms with Gasteiger partial charge in [0.15, 0.2) is 11.9 Å². The molecule has 1 aromatic heterocycles. The highest BCUT2D eigenvalue weighted by Gasteiger charge is 2.10. The zero-order valence-electron chi connectivity index (χ0n) is 8.57. The second-order valence-electron chi connectivity index (χ2n) is 3.50. The van der Waals surface area contributed by atoms with Crippen molar-refractivity contribution in [3.8, 4) is 6.07 Å². The van der Waals surface area contributed by atoms with Crippen LogP contribution in [0.1, 0.15) is 5.69 Å². The van der Waals surface area contributed by atoms with Gasteiger partial charge < -0.3 is 5.73 Å². The fraction of sp³-hybridized carbons (Fsp3) is 0.167. The Morgan fingerprint density at radius 1 is 1.33 bits per heavy atom. The van der Waals surface area contributed by atoms with Gasteiger partial charge in [0.1, 0.15) is 6.07 Å². The third-order valence-electron chi connectivity index (χ3n) is 2.62. The number of fused-ring (bicyclic) bond motifs is 1. The number of hydrogen-bond donors (Lipinski definition) is 1. The minimum absolute atomic E-state index is 0.372. The van der Waals surface area contributed by atoms with E-state index in [2.05, 4.69) is 6.07 Å². The highest BCUT2D eigenvalue weighted by molar-refractivity contribution is 5.93. The van der Waals surface area contributed by atoms with Crippen LogP contribution in [0.5, 0.6) is 0 Å². The molecular formula is C12H12N3+. The molecule has 2 N–H and O–H groups in total. The number of nitrogens with zero attached hydrogens (tertiary/aromatic N) is 2. The molecule has 2 rings (SSSR count). The molecule has 0 aliphatic heterocycles. The molecule has 0 aliphatic carbocycles. The van der Waals surface area contributed by atoms with Crippen molar-refractivity contribution in [1.29, 1.82) is 5.26 Å². The van der Waals surface area contributed by atoms with Gasteiger partial charge in [-0.15, -0.1) is 0 Å². The molecule has 74 valence electrons. The fourth-order valence-electron chi connectivity index (χ4n) is 1.76. The van der Waals surface area contributed by atoms with E-state index in [0.717, 1.165) is 22.2 Å². The molecule has 0 saturated carbocycles. The molecule has 15 heavy (non-hydrogen) atoms. The number of anilines is 1. The van der Waals surface area contributed by atoms with Crippen molar-refractivity contribution in [3.05, 3.63) is 36.2 Å². The van der Waals surface area contributed by atoms with Crippen LogP contribution in [-0.4, -0.2) is 0 Å². The summed E-state index contributed by atoms with van der Waals surface area (Å²) in [7, 11) is 0. The van der Waals surface area contributed by atoms with Crippen molar-refractivity contribution in [2.75, 3.05) is 5.73 Å². The van der Waals surface area contributed by atoms with Crippen molar-refractivity contribution in [2.24, 2.45) is 0 Å². The van der Waals surface area contributed by atoms with Crippen LogP contribution in [0.15, 0.2) is 30.5 Å². The normalized spacial score (nSPS) is 10.1. The number of nitriles is 1. The maximum atomic E-state index is 8.68. The molecule has 3 heteroatoms. The van der Waals surface area contributed by atoms with Crippen LogP contribution in [0.4, 0.5) is 5.69 Å². The number of hydrogen-bond acceptors (Lipinski definition) is 2. The van der Waals surface area contributed by atoms with E-state index in [4.69, 9.17) is 11.0 Å². The molecule has 0 radical (unpaired) electrons. The highest BCUT2D eigenvalue weighted by atomic mass is 14.9. The number of rotatable bonds is 1. The Morgan fingerprint density at radius 3 is 2.87 bits per heavy atom. The van der Waals surface area contributed by atoms with Crippen molar-refractivity contribution in [1.82, 2.24) is 0 Å². The van der Waals surface area contributed by atoms with Crippen LogP contribution in [-0.2, 0) is 6.54 Å². The molecule has 0 unspecified atom stereocenters. The number of aryl methyl sites for hydroxylation is 1. The van der Waals surface area contributed by atoms with Crippen molar-refractivity contribution < 1.29 is 4.57 Å². The van der Waals surface area contributed by atoms with Crippen LogP contribution in [0, 0.1) is 18.3 Å². The summed E-state index contributed by atoms with van der Waals surface area (Å²) in [6.07, 6.45) is 1.90. The molecule has 0 saturated heterocycles. The van der Waals surface area contributed by atoms with Crippen LogP contribution in [0.2, 0.25) is 0 Å². The first-order valence-corrected chi connectivity index (χ1v) is 4.78. The number of benzene rings is 1. The van der Waals surface area contributed by atoms with Crippen molar-refractivity contribution in [3.63, 3.8) is 0 Å². The summed E-state index contributed by atoms with van der Waals surface area (Å²) in [5.74, 6) is 0. The third kappa shape index (κ3) is 1.50. The smallest absolute Gasteiger partial charge is 0.234 e. The standard InChI is InChI=1S/C12H12N3/c1-9-10-3-2-4-12(14)11(10)5-7-15(9)8-6-13/h2-5,7H,8,14H2,1H3/q+1. The first-order valence-electron chi connectivity index (χ1n) is 4.78. The Balaban J connectivity index is 2.75. The van der Waals surface area contributed by atoms with E-state index >= 15 is 0 Å². The number of pyridine rings is 1. The molecule has 0 fully saturated rings. The first-order chi connectivity index (χ1) is 7.24. The SMILES string of the molecule is Cc1c2cccc(N)c2cc[n+]1CC#N. The van der Waals surface area contributed by atoms with E-state index in [1.807, 2.05) is 42.0 Å². The molecule has 1 heterocycles. The predicted octanol–water partition coefficient (Wildman–Crippen LogP) is 1.54. The maximum Gasteiger partial charge on any atom is 0.234 e. The lowest BCUT2D eigenvalue weighted by molar-refractivity contribution is -0.689. The van der Waals surface area contributed by atoms with Gasteiger partial charge >= 0.3 is 0 Å². The van der Waals surface area contributed by atoms with E-state index in [1.165, 1.54) is 0 Å².